The van der Waals surface area contributed by atoms with E-state index >= 15 is 0 Å². The molecule has 1 saturated heterocycles. The van der Waals surface area contributed by atoms with Crippen LogP contribution < -0.4 is 0 Å². The van der Waals surface area contributed by atoms with E-state index in [1.807, 2.05) is 0 Å². The van der Waals surface area contributed by atoms with Crippen LogP contribution in [-0.2, 0) is 19.0 Å². The minimum atomic E-state index is -0.568. The molecule has 1 aliphatic rings. The lowest BCUT2D eigenvalue weighted by molar-refractivity contribution is -0.0502. The first kappa shape index (κ1) is 14.4. The molecule has 96 valence electrons. The standard InChI is InChI=1S/C11H14O.C2H8O2Si/c1-9-5-3-4-6-10(9)11(2)7-12-8-11;1-3-5-4-2/h3-6H,7-8H2,1-2H3;5H2,1-2H3. The van der Waals surface area contributed by atoms with Gasteiger partial charge >= 0.3 is 10.0 Å². The van der Waals surface area contributed by atoms with Gasteiger partial charge in [-0.25, -0.2) is 0 Å². The van der Waals surface area contributed by atoms with Gasteiger partial charge in [-0.2, -0.15) is 0 Å². The van der Waals surface area contributed by atoms with Gasteiger partial charge in [-0.3, -0.25) is 0 Å². The largest absolute Gasteiger partial charge is 0.402 e. The summed E-state index contributed by atoms with van der Waals surface area (Å²) in [6.07, 6.45) is 0. The van der Waals surface area contributed by atoms with Crippen LogP contribution in [0.15, 0.2) is 24.3 Å². The Morgan fingerprint density at radius 3 is 2.12 bits per heavy atom. The summed E-state index contributed by atoms with van der Waals surface area (Å²) in [4.78, 5) is 0. The molecule has 4 heteroatoms. The first-order valence-electron chi connectivity index (χ1n) is 5.76. The Labute approximate surface area is 106 Å². The van der Waals surface area contributed by atoms with E-state index in [4.69, 9.17) is 4.74 Å². The number of aryl methyl sites for hydroxylation is 1. The lowest BCUT2D eigenvalue weighted by atomic mass is 9.79. The van der Waals surface area contributed by atoms with E-state index in [-0.39, 0.29) is 5.41 Å². The summed E-state index contributed by atoms with van der Waals surface area (Å²) < 4.78 is 14.5. The van der Waals surface area contributed by atoms with Crippen LogP contribution in [0.2, 0.25) is 0 Å². The molecule has 0 atom stereocenters. The molecule has 0 N–H and O–H groups in total. The Bertz CT molecular complexity index is 335. The molecule has 0 unspecified atom stereocenters. The normalized spacial score (nSPS) is 16.7. The highest BCUT2D eigenvalue weighted by Gasteiger charge is 2.35. The van der Waals surface area contributed by atoms with Gasteiger partial charge in [-0.05, 0) is 18.1 Å². The van der Waals surface area contributed by atoms with Gasteiger partial charge in [0, 0.05) is 19.6 Å². The average Bonchev–Trinajstić information content (AvgIpc) is 2.29. The van der Waals surface area contributed by atoms with Crippen molar-refractivity contribution in [2.45, 2.75) is 19.3 Å². The number of rotatable bonds is 3. The fourth-order valence-electron chi connectivity index (χ4n) is 1.93. The third-order valence-corrected chi connectivity index (χ3v) is 3.34. The molecule has 0 aliphatic carbocycles. The lowest BCUT2D eigenvalue weighted by Gasteiger charge is -2.39. The van der Waals surface area contributed by atoms with E-state index in [0.717, 1.165) is 13.2 Å². The van der Waals surface area contributed by atoms with Crippen molar-refractivity contribution in [1.82, 2.24) is 0 Å². The van der Waals surface area contributed by atoms with Crippen LogP contribution in [-0.4, -0.2) is 37.4 Å². The zero-order chi connectivity index (χ0) is 12.7. The van der Waals surface area contributed by atoms with Gasteiger partial charge in [0.1, 0.15) is 0 Å². The van der Waals surface area contributed by atoms with Crippen LogP contribution in [0.25, 0.3) is 0 Å². The molecule has 2 rings (SSSR count). The molecule has 1 aromatic carbocycles. The van der Waals surface area contributed by atoms with Crippen LogP contribution in [0.5, 0.6) is 0 Å². The van der Waals surface area contributed by atoms with E-state index in [2.05, 4.69) is 47.0 Å². The first-order valence-corrected chi connectivity index (χ1v) is 6.91. The molecular formula is C13H22O3Si. The summed E-state index contributed by atoms with van der Waals surface area (Å²) in [6, 6.07) is 8.56. The molecule has 0 aromatic heterocycles. The summed E-state index contributed by atoms with van der Waals surface area (Å²) >= 11 is 0. The number of benzene rings is 1. The van der Waals surface area contributed by atoms with E-state index in [1.165, 1.54) is 11.1 Å². The predicted octanol–water partition coefficient (Wildman–Crippen LogP) is 1.56. The fourth-order valence-corrected chi connectivity index (χ4v) is 2.17. The number of hydrogen-bond acceptors (Lipinski definition) is 3. The highest BCUT2D eigenvalue weighted by molar-refractivity contribution is 6.17. The Morgan fingerprint density at radius 1 is 1.18 bits per heavy atom. The van der Waals surface area contributed by atoms with E-state index < -0.39 is 10.0 Å². The molecule has 1 heterocycles. The fraction of sp³-hybridized carbons (Fsp3) is 0.538. The summed E-state index contributed by atoms with van der Waals surface area (Å²) in [5.74, 6) is 0. The first-order chi connectivity index (χ1) is 8.14. The topological polar surface area (TPSA) is 27.7 Å². The third-order valence-electron chi connectivity index (χ3n) is 2.87. The van der Waals surface area contributed by atoms with Gasteiger partial charge in [0.25, 0.3) is 0 Å². The van der Waals surface area contributed by atoms with Crippen molar-refractivity contribution in [3.05, 3.63) is 35.4 Å². The number of ether oxygens (including phenoxy) is 1. The van der Waals surface area contributed by atoms with Crippen LogP contribution >= 0.6 is 0 Å². The van der Waals surface area contributed by atoms with Crippen molar-refractivity contribution in [2.75, 3.05) is 27.4 Å². The molecule has 1 fully saturated rings. The minimum absolute atomic E-state index is 0.283. The van der Waals surface area contributed by atoms with Crippen molar-refractivity contribution in [1.29, 1.82) is 0 Å². The lowest BCUT2D eigenvalue weighted by Crippen LogP contribution is -2.44. The Kier molecular flexibility index (Phi) is 5.84. The number of hydrogen-bond donors (Lipinski definition) is 0. The molecule has 0 bridgehead atoms. The van der Waals surface area contributed by atoms with Gasteiger partial charge < -0.3 is 13.6 Å². The smallest absolute Gasteiger partial charge is 0.303 e. The quantitative estimate of drug-likeness (QED) is 0.766. The van der Waals surface area contributed by atoms with Crippen molar-refractivity contribution < 1.29 is 13.6 Å². The van der Waals surface area contributed by atoms with Gasteiger partial charge in [0.05, 0.1) is 13.2 Å². The van der Waals surface area contributed by atoms with Crippen molar-refractivity contribution in [3.63, 3.8) is 0 Å². The Hall–Kier alpha value is -0.683. The summed E-state index contributed by atoms with van der Waals surface area (Å²) in [5.41, 5.74) is 3.10. The summed E-state index contributed by atoms with van der Waals surface area (Å²) in [5, 5.41) is 0. The second-order valence-corrected chi connectivity index (χ2v) is 5.95. The third kappa shape index (κ3) is 3.92. The maximum absolute atomic E-state index is 5.25. The molecule has 1 aliphatic heterocycles. The van der Waals surface area contributed by atoms with Crippen LogP contribution in [0.3, 0.4) is 0 Å². The second-order valence-electron chi connectivity index (χ2n) is 4.56. The highest BCUT2D eigenvalue weighted by atomic mass is 28.3. The SMILES string of the molecule is CO[SiH2]OC.Cc1ccccc1C1(C)COC1. The molecule has 0 spiro atoms. The molecule has 0 radical (unpaired) electrons. The van der Waals surface area contributed by atoms with Crippen LogP contribution in [0, 0.1) is 6.92 Å². The van der Waals surface area contributed by atoms with Gasteiger partial charge in [-0.15, -0.1) is 0 Å². The van der Waals surface area contributed by atoms with Crippen LogP contribution in [0.4, 0.5) is 0 Å². The van der Waals surface area contributed by atoms with E-state index in [1.54, 1.807) is 14.2 Å². The average molecular weight is 254 g/mol. The molecule has 0 saturated carbocycles. The van der Waals surface area contributed by atoms with Gasteiger partial charge in [0.15, 0.2) is 0 Å². The maximum atomic E-state index is 5.25. The van der Waals surface area contributed by atoms with Gasteiger partial charge in [0.2, 0.25) is 0 Å². The highest BCUT2D eigenvalue weighted by Crippen LogP contribution is 2.33. The van der Waals surface area contributed by atoms with Crippen molar-refractivity contribution in [2.24, 2.45) is 0 Å². The zero-order valence-electron chi connectivity index (χ0n) is 11.2. The molecule has 0 amide bonds. The molecular weight excluding hydrogens is 232 g/mol. The molecule has 17 heavy (non-hydrogen) atoms. The van der Waals surface area contributed by atoms with Gasteiger partial charge in [-0.1, -0.05) is 31.2 Å². The second kappa shape index (κ2) is 6.91. The maximum Gasteiger partial charge on any atom is 0.303 e. The van der Waals surface area contributed by atoms with Crippen LogP contribution in [0.1, 0.15) is 18.1 Å². The minimum Gasteiger partial charge on any atom is -0.402 e. The predicted molar refractivity (Wildman–Crippen MR) is 71.9 cm³/mol. The van der Waals surface area contributed by atoms with Crippen molar-refractivity contribution in [3.8, 4) is 0 Å². The monoisotopic (exact) mass is 254 g/mol. The summed E-state index contributed by atoms with van der Waals surface area (Å²) in [6.45, 7) is 6.17. The molecule has 3 nitrogen and oxygen atoms in total. The zero-order valence-corrected chi connectivity index (χ0v) is 12.6. The van der Waals surface area contributed by atoms with E-state index in [9.17, 15) is 0 Å². The Balaban J connectivity index is 0.000000249. The molecule has 1 aromatic rings. The summed E-state index contributed by atoms with van der Waals surface area (Å²) in [7, 11) is 2.73. The van der Waals surface area contributed by atoms with Crippen molar-refractivity contribution >= 4 is 10.0 Å². The van der Waals surface area contributed by atoms with E-state index in [0.29, 0.717) is 0 Å². The Morgan fingerprint density at radius 2 is 1.76 bits per heavy atom.